The molecule has 0 spiro atoms. The van der Waals surface area contributed by atoms with Crippen molar-refractivity contribution in [3.63, 3.8) is 0 Å². The van der Waals surface area contributed by atoms with E-state index in [0.29, 0.717) is 32.8 Å². The molecule has 0 aromatic heterocycles. The first-order valence-corrected chi connectivity index (χ1v) is 8.31. The third-order valence-corrected chi connectivity index (χ3v) is 4.45. The lowest BCUT2D eigenvalue weighted by atomic mass is 10.1. The van der Waals surface area contributed by atoms with E-state index in [1.54, 1.807) is 43.5 Å². The summed E-state index contributed by atoms with van der Waals surface area (Å²) in [7, 11) is 4.59. The minimum Gasteiger partial charge on any atom is -0.497 e. The molecular weight excluding hydrogens is 390 g/mol. The Kier molecular flexibility index (Phi) is 6.66. The Morgan fingerprint density at radius 1 is 1.08 bits per heavy atom. The predicted octanol–water partition coefficient (Wildman–Crippen LogP) is 2.94. The van der Waals surface area contributed by atoms with Crippen LogP contribution < -0.4 is 19.5 Å². The Morgan fingerprint density at radius 3 is 2.12 bits per heavy atom. The average molecular weight is 410 g/mol. The lowest BCUT2D eigenvalue weighted by molar-refractivity contribution is 0.0915. The van der Waals surface area contributed by atoms with Crippen molar-refractivity contribution in [2.75, 3.05) is 27.9 Å². The Balaban J connectivity index is 2.06. The van der Waals surface area contributed by atoms with Gasteiger partial charge in [0.25, 0.3) is 5.91 Å². The van der Waals surface area contributed by atoms with Crippen LogP contribution in [-0.4, -0.2) is 38.9 Å². The third kappa shape index (κ3) is 4.64. The van der Waals surface area contributed by atoms with Gasteiger partial charge >= 0.3 is 0 Å². The summed E-state index contributed by atoms with van der Waals surface area (Å²) in [5, 5.41) is 12.9. The molecule has 0 aliphatic carbocycles. The summed E-state index contributed by atoms with van der Waals surface area (Å²) < 4.78 is 16.2. The first kappa shape index (κ1) is 19.1. The first-order valence-electron chi connectivity index (χ1n) is 7.51. The van der Waals surface area contributed by atoms with Gasteiger partial charge in [0.15, 0.2) is 0 Å². The van der Waals surface area contributed by atoms with E-state index in [0.717, 1.165) is 0 Å². The summed E-state index contributed by atoms with van der Waals surface area (Å²) in [6.45, 7) is 0.0753. The van der Waals surface area contributed by atoms with Gasteiger partial charge in [-0.1, -0.05) is 12.1 Å². The highest BCUT2D eigenvalue weighted by Crippen LogP contribution is 2.35. The quantitative estimate of drug-likeness (QED) is 0.734. The van der Waals surface area contributed by atoms with Crippen molar-refractivity contribution in [1.29, 1.82) is 0 Å². The first-order chi connectivity index (χ1) is 12.0. The lowest BCUT2D eigenvalue weighted by Crippen LogP contribution is -2.28. The zero-order chi connectivity index (χ0) is 18.4. The fourth-order valence-corrected chi connectivity index (χ4v) is 2.79. The molecule has 1 unspecified atom stereocenters. The van der Waals surface area contributed by atoms with E-state index < -0.39 is 6.10 Å². The number of ether oxygens (including phenoxy) is 3. The number of hydrogen-bond donors (Lipinski definition) is 2. The number of rotatable bonds is 7. The van der Waals surface area contributed by atoms with Crippen molar-refractivity contribution < 1.29 is 24.1 Å². The third-order valence-electron chi connectivity index (χ3n) is 3.66. The van der Waals surface area contributed by atoms with Crippen LogP contribution in [0.25, 0.3) is 0 Å². The Morgan fingerprint density at radius 2 is 1.64 bits per heavy atom. The molecule has 1 amide bonds. The number of hydrogen-bond acceptors (Lipinski definition) is 5. The molecule has 2 rings (SSSR count). The second-order valence-electron chi connectivity index (χ2n) is 5.19. The second-order valence-corrected chi connectivity index (χ2v) is 5.99. The number of amides is 1. The Labute approximate surface area is 154 Å². The van der Waals surface area contributed by atoms with Gasteiger partial charge in [0.1, 0.15) is 21.7 Å². The van der Waals surface area contributed by atoms with Crippen LogP contribution in [0.15, 0.2) is 40.9 Å². The van der Waals surface area contributed by atoms with Crippen molar-refractivity contribution >= 4 is 21.8 Å². The summed E-state index contributed by atoms with van der Waals surface area (Å²) in [4.78, 5) is 12.4. The van der Waals surface area contributed by atoms with Crippen molar-refractivity contribution in [3.8, 4) is 17.2 Å². The van der Waals surface area contributed by atoms with Gasteiger partial charge in [-0.3, -0.25) is 4.79 Å². The number of halogens is 1. The van der Waals surface area contributed by atoms with Crippen LogP contribution in [0.3, 0.4) is 0 Å². The number of benzene rings is 2. The number of carbonyl (C=O) groups excluding carboxylic acids is 1. The molecule has 0 saturated carbocycles. The summed E-state index contributed by atoms with van der Waals surface area (Å²) in [6, 6.07) is 10.2. The standard InChI is InChI=1S/C18H20BrNO5/c1-23-13-6-4-11(5-7-13)14(21)10-20-18(22)12-8-15(24-2)17(19)16(9-12)25-3/h4-9,14,21H,10H2,1-3H3,(H,20,22). The van der Waals surface area contributed by atoms with E-state index in [4.69, 9.17) is 14.2 Å². The monoisotopic (exact) mass is 409 g/mol. The van der Waals surface area contributed by atoms with E-state index in [1.807, 2.05) is 0 Å². The minimum absolute atomic E-state index is 0.0753. The van der Waals surface area contributed by atoms with E-state index in [2.05, 4.69) is 21.2 Å². The molecule has 1 atom stereocenters. The molecule has 0 radical (unpaired) electrons. The molecular formula is C18H20BrNO5. The topological polar surface area (TPSA) is 77.0 Å². The maximum absolute atomic E-state index is 12.4. The van der Waals surface area contributed by atoms with Crippen molar-refractivity contribution in [2.24, 2.45) is 0 Å². The van der Waals surface area contributed by atoms with E-state index in [9.17, 15) is 9.90 Å². The number of aliphatic hydroxyl groups is 1. The zero-order valence-electron chi connectivity index (χ0n) is 14.2. The summed E-state index contributed by atoms with van der Waals surface area (Å²) in [6.07, 6.45) is -0.825. The molecule has 0 aliphatic rings. The number of nitrogens with one attached hydrogen (secondary N) is 1. The van der Waals surface area contributed by atoms with E-state index in [-0.39, 0.29) is 12.5 Å². The minimum atomic E-state index is -0.825. The molecule has 0 bridgehead atoms. The normalized spacial score (nSPS) is 11.6. The highest BCUT2D eigenvalue weighted by atomic mass is 79.9. The van der Waals surface area contributed by atoms with Crippen LogP contribution in [0.4, 0.5) is 0 Å². The Hall–Kier alpha value is -2.25. The molecule has 25 heavy (non-hydrogen) atoms. The molecule has 0 fully saturated rings. The average Bonchev–Trinajstić information content (AvgIpc) is 2.66. The molecule has 0 saturated heterocycles. The SMILES string of the molecule is COc1ccc(C(O)CNC(=O)c2cc(OC)c(Br)c(OC)c2)cc1. The predicted molar refractivity (Wildman–Crippen MR) is 97.5 cm³/mol. The van der Waals surface area contributed by atoms with Gasteiger partial charge < -0.3 is 24.6 Å². The van der Waals surface area contributed by atoms with Crippen LogP contribution in [0, 0.1) is 0 Å². The molecule has 0 heterocycles. The van der Waals surface area contributed by atoms with Crippen LogP contribution in [0.2, 0.25) is 0 Å². The number of methoxy groups -OCH3 is 3. The maximum Gasteiger partial charge on any atom is 0.251 e. The van der Waals surface area contributed by atoms with Gasteiger partial charge in [-0.25, -0.2) is 0 Å². The fraction of sp³-hybridized carbons (Fsp3) is 0.278. The molecule has 7 heteroatoms. The molecule has 2 aromatic rings. The lowest BCUT2D eigenvalue weighted by Gasteiger charge is -2.14. The fourth-order valence-electron chi connectivity index (χ4n) is 2.24. The van der Waals surface area contributed by atoms with E-state index in [1.165, 1.54) is 14.2 Å². The van der Waals surface area contributed by atoms with Gasteiger partial charge in [0.2, 0.25) is 0 Å². The number of carbonyl (C=O) groups is 1. The highest BCUT2D eigenvalue weighted by Gasteiger charge is 2.16. The molecule has 6 nitrogen and oxygen atoms in total. The Bertz CT molecular complexity index is 708. The van der Waals surface area contributed by atoms with Crippen LogP contribution >= 0.6 is 15.9 Å². The van der Waals surface area contributed by atoms with Gasteiger partial charge in [0.05, 0.1) is 27.4 Å². The molecule has 0 aliphatic heterocycles. The van der Waals surface area contributed by atoms with Gasteiger partial charge in [0, 0.05) is 12.1 Å². The highest BCUT2D eigenvalue weighted by molar-refractivity contribution is 9.10. The summed E-state index contributed by atoms with van der Waals surface area (Å²) in [5.74, 6) is 1.34. The molecule has 2 N–H and O–H groups in total. The van der Waals surface area contributed by atoms with Crippen molar-refractivity contribution in [2.45, 2.75) is 6.10 Å². The van der Waals surface area contributed by atoms with Crippen molar-refractivity contribution in [1.82, 2.24) is 5.32 Å². The largest absolute Gasteiger partial charge is 0.497 e. The summed E-state index contributed by atoms with van der Waals surface area (Å²) in [5.41, 5.74) is 1.06. The summed E-state index contributed by atoms with van der Waals surface area (Å²) >= 11 is 3.36. The van der Waals surface area contributed by atoms with Crippen molar-refractivity contribution in [3.05, 3.63) is 52.0 Å². The van der Waals surface area contributed by atoms with E-state index >= 15 is 0 Å². The zero-order valence-corrected chi connectivity index (χ0v) is 15.8. The molecule has 134 valence electrons. The van der Waals surface area contributed by atoms with Gasteiger partial charge in [-0.05, 0) is 45.8 Å². The second kappa shape index (κ2) is 8.73. The smallest absolute Gasteiger partial charge is 0.251 e. The van der Waals surface area contributed by atoms with Crippen LogP contribution in [-0.2, 0) is 0 Å². The molecule has 2 aromatic carbocycles. The van der Waals surface area contributed by atoms with Gasteiger partial charge in [-0.15, -0.1) is 0 Å². The van der Waals surface area contributed by atoms with Crippen LogP contribution in [0.1, 0.15) is 22.0 Å². The number of aliphatic hydroxyl groups excluding tert-OH is 1. The van der Waals surface area contributed by atoms with Crippen LogP contribution in [0.5, 0.6) is 17.2 Å². The van der Waals surface area contributed by atoms with Gasteiger partial charge in [-0.2, -0.15) is 0 Å². The maximum atomic E-state index is 12.4.